The van der Waals surface area contributed by atoms with Gasteiger partial charge < -0.3 is 20.4 Å². The highest BCUT2D eigenvalue weighted by atomic mass is 16.2. The summed E-state index contributed by atoms with van der Waals surface area (Å²) < 4.78 is 0. The number of rotatable bonds is 5. The van der Waals surface area contributed by atoms with Gasteiger partial charge in [0.05, 0.1) is 6.54 Å². The summed E-state index contributed by atoms with van der Waals surface area (Å²) in [5.74, 6) is 0.699. The minimum absolute atomic E-state index is 0.0373. The average Bonchev–Trinajstić information content (AvgIpc) is 2.72. The van der Waals surface area contributed by atoms with Crippen LogP contribution in [0.5, 0.6) is 0 Å². The smallest absolute Gasteiger partial charge is 0.317 e. The molecule has 1 fully saturated rings. The molecule has 136 valence electrons. The first-order valence-electron chi connectivity index (χ1n) is 8.57. The number of pyridine rings is 2. The van der Waals surface area contributed by atoms with E-state index >= 15 is 0 Å². The van der Waals surface area contributed by atoms with Crippen molar-refractivity contribution in [3.63, 3.8) is 0 Å². The summed E-state index contributed by atoms with van der Waals surface area (Å²) in [6.07, 6.45) is 5.11. The fraction of sp³-hybridized carbons (Fsp3) is 0.333. The summed E-state index contributed by atoms with van der Waals surface area (Å²) in [5.41, 5.74) is 0.963. The number of carbonyl (C=O) groups is 2. The third-order valence-electron chi connectivity index (χ3n) is 4.18. The summed E-state index contributed by atoms with van der Waals surface area (Å²) in [6.45, 7) is 3.02. The molecule has 2 N–H and O–H groups in total. The number of piperazine rings is 1. The molecule has 26 heavy (non-hydrogen) atoms. The van der Waals surface area contributed by atoms with E-state index in [4.69, 9.17) is 0 Å². The van der Waals surface area contributed by atoms with Crippen molar-refractivity contribution in [1.82, 2.24) is 25.5 Å². The molecule has 8 nitrogen and oxygen atoms in total. The molecule has 3 amide bonds. The Labute approximate surface area is 152 Å². The van der Waals surface area contributed by atoms with E-state index in [0.717, 1.165) is 24.5 Å². The lowest BCUT2D eigenvalue weighted by atomic mass is 10.3. The number of amides is 3. The second kappa shape index (κ2) is 8.80. The molecule has 3 rings (SSSR count). The Bertz CT molecular complexity index is 717. The SMILES string of the molecule is O=C(CNC(=O)N1CCN(c2ccccn2)CC1)NCc1ccncc1. The quantitative estimate of drug-likeness (QED) is 0.822. The Morgan fingerprint density at radius 3 is 2.42 bits per heavy atom. The van der Waals surface area contributed by atoms with E-state index in [1.807, 2.05) is 30.3 Å². The van der Waals surface area contributed by atoms with Crippen molar-refractivity contribution < 1.29 is 9.59 Å². The van der Waals surface area contributed by atoms with E-state index in [2.05, 4.69) is 25.5 Å². The monoisotopic (exact) mass is 354 g/mol. The zero-order valence-corrected chi connectivity index (χ0v) is 14.5. The van der Waals surface area contributed by atoms with Crippen LogP contribution in [0.4, 0.5) is 10.6 Å². The molecule has 0 bridgehead atoms. The van der Waals surface area contributed by atoms with E-state index in [1.165, 1.54) is 0 Å². The number of hydrogen-bond donors (Lipinski definition) is 2. The summed E-state index contributed by atoms with van der Waals surface area (Å²) in [6, 6.07) is 9.24. The van der Waals surface area contributed by atoms with Gasteiger partial charge >= 0.3 is 6.03 Å². The van der Waals surface area contributed by atoms with Gasteiger partial charge in [-0.1, -0.05) is 6.07 Å². The van der Waals surface area contributed by atoms with Crippen LogP contribution >= 0.6 is 0 Å². The Hall–Kier alpha value is -3.16. The van der Waals surface area contributed by atoms with Gasteiger partial charge in [0.15, 0.2) is 0 Å². The third kappa shape index (κ3) is 4.92. The Morgan fingerprint density at radius 2 is 1.73 bits per heavy atom. The lowest BCUT2D eigenvalue weighted by Crippen LogP contribution is -2.53. The van der Waals surface area contributed by atoms with Crippen molar-refractivity contribution in [3.8, 4) is 0 Å². The Balaban J connectivity index is 1.37. The molecule has 0 atom stereocenters. The molecule has 0 saturated carbocycles. The predicted octanol–water partition coefficient (Wildman–Crippen LogP) is 0.625. The van der Waals surface area contributed by atoms with E-state index in [0.29, 0.717) is 19.6 Å². The molecular formula is C18H22N6O2. The lowest BCUT2D eigenvalue weighted by Gasteiger charge is -2.35. The van der Waals surface area contributed by atoms with Crippen LogP contribution in [-0.4, -0.2) is 59.5 Å². The van der Waals surface area contributed by atoms with Crippen LogP contribution in [-0.2, 0) is 11.3 Å². The first kappa shape index (κ1) is 17.7. The van der Waals surface area contributed by atoms with Crippen molar-refractivity contribution in [3.05, 3.63) is 54.5 Å². The fourth-order valence-corrected chi connectivity index (χ4v) is 2.71. The van der Waals surface area contributed by atoms with Gasteiger partial charge in [-0.25, -0.2) is 9.78 Å². The largest absolute Gasteiger partial charge is 0.353 e. The van der Waals surface area contributed by atoms with Crippen LogP contribution in [0.25, 0.3) is 0 Å². The van der Waals surface area contributed by atoms with Crippen LogP contribution < -0.4 is 15.5 Å². The molecule has 1 aliphatic heterocycles. The second-order valence-corrected chi connectivity index (χ2v) is 5.95. The number of nitrogens with zero attached hydrogens (tertiary/aromatic N) is 4. The van der Waals surface area contributed by atoms with Crippen LogP contribution in [0.15, 0.2) is 48.9 Å². The Morgan fingerprint density at radius 1 is 0.962 bits per heavy atom. The summed E-state index contributed by atoms with van der Waals surface area (Å²) in [4.78, 5) is 36.2. The molecule has 0 unspecified atom stereocenters. The molecule has 1 saturated heterocycles. The average molecular weight is 354 g/mol. The van der Waals surface area contributed by atoms with Crippen molar-refractivity contribution in [2.24, 2.45) is 0 Å². The van der Waals surface area contributed by atoms with Gasteiger partial charge in [-0.2, -0.15) is 0 Å². The zero-order chi connectivity index (χ0) is 18.2. The van der Waals surface area contributed by atoms with Gasteiger partial charge in [0.1, 0.15) is 5.82 Å². The summed E-state index contributed by atoms with van der Waals surface area (Å²) in [5, 5.41) is 5.44. The van der Waals surface area contributed by atoms with Crippen molar-refractivity contribution in [2.45, 2.75) is 6.54 Å². The molecule has 0 spiro atoms. The fourth-order valence-electron chi connectivity index (χ4n) is 2.71. The van der Waals surface area contributed by atoms with Gasteiger partial charge in [0, 0.05) is 51.3 Å². The first-order valence-corrected chi connectivity index (χ1v) is 8.57. The van der Waals surface area contributed by atoms with Crippen molar-refractivity contribution in [1.29, 1.82) is 0 Å². The number of anilines is 1. The van der Waals surface area contributed by atoms with E-state index < -0.39 is 0 Å². The van der Waals surface area contributed by atoms with Gasteiger partial charge in [-0.3, -0.25) is 9.78 Å². The van der Waals surface area contributed by atoms with Crippen LogP contribution in [0, 0.1) is 0 Å². The highest BCUT2D eigenvalue weighted by Gasteiger charge is 2.21. The van der Waals surface area contributed by atoms with E-state index in [9.17, 15) is 9.59 Å². The van der Waals surface area contributed by atoms with Gasteiger partial charge in [-0.15, -0.1) is 0 Å². The topological polar surface area (TPSA) is 90.5 Å². The minimum Gasteiger partial charge on any atom is -0.353 e. The molecular weight excluding hydrogens is 332 g/mol. The number of aromatic nitrogens is 2. The van der Waals surface area contributed by atoms with Crippen molar-refractivity contribution in [2.75, 3.05) is 37.6 Å². The number of nitrogens with one attached hydrogen (secondary N) is 2. The minimum atomic E-state index is -0.220. The van der Waals surface area contributed by atoms with Gasteiger partial charge in [0.25, 0.3) is 0 Å². The molecule has 3 heterocycles. The summed E-state index contributed by atoms with van der Waals surface area (Å²) >= 11 is 0. The molecule has 2 aromatic rings. The maximum absolute atomic E-state index is 12.2. The standard InChI is InChI=1S/C18H22N6O2/c25-17(21-13-15-4-7-19-8-5-15)14-22-18(26)24-11-9-23(10-12-24)16-3-1-2-6-20-16/h1-8H,9-14H2,(H,21,25)(H,22,26). The maximum Gasteiger partial charge on any atom is 0.317 e. The van der Waals surface area contributed by atoms with Crippen LogP contribution in [0.1, 0.15) is 5.56 Å². The number of carbonyl (C=O) groups excluding carboxylic acids is 2. The molecule has 1 aliphatic rings. The second-order valence-electron chi connectivity index (χ2n) is 5.95. The first-order chi connectivity index (χ1) is 12.7. The van der Waals surface area contributed by atoms with Crippen LogP contribution in [0.3, 0.4) is 0 Å². The predicted molar refractivity (Wildman–Crippen MR) is 97.5 cm³/mol. The number of urea groups is 1. The van der Waals surface area contributed by atoms with Crippen molar-refractivity contribution >= 4 is 17.8 Å². The maximum atomic E-state index is 12.2. The highest BCUT2D eigenvalue weighted by Crippen LogP contribution is 2.12. The molecule has 8 heteroatoms. The molecule has 2 aromatic heterocycles. The van der Waals surface area contributed by atoms with Crippen LogP contribution in [0.2, 0.25) is 0 Å². The molecule has 0 radical (unpaired) electrons. The van der Waals surface area contributed by atoms with E-state index in [-0.39, 0.29) is 18.5 Å². The number of hydrogen-bond acceptors (Lipinski definition) is 5. The van der Waals surface area contributed by atoms with Gasteiger partial charge in [0.2, 0.25) is 5.91 Å². The summed E-state index contributed by atoms with van der Waals surface area (Å²) in [7, 11) is 0. The third-order valence-corrected chi connectivity index (χ3v) is 4.18. The molecule has 0 aromatic carbocycles. The van der Waals surface area contributed by atoms with E-state index in [1.54, 1.807) is 23.5 Å². The Kier molecular flexibility index (Phi) is 5.97. The van der Waals surface area contributed by atoms with Gasteiger partial charge in [-0.05, 0) is 29.8 Å². The zero-order valence-electron chi connectivity index (χ0n) is 14.5. The lowest BCUT2D eigenvalue weighted by molar-refractivity contribution is -0.120. The normalized spacial score (nSPS) is 14.0. The molecule has 0 aliphatic carbocycles. The highest BCUT2D eigenvalue weighted by molar-refractivity contribution is 5.84.